The van der Waals surface area contributed by atoms with Crippen molar-refractivity contribution in [3.05, 3.63) is 29.8 Å². The average molecular weight is 314 g/mol. The van der Waals surface area contributed by atoms with Crippen molar-refractivity contribution in [1.82, 2.24) is 9.80 Å². The van der Waals surface area contributed by atoms with E-state index in [1.165, 1.54) is 37.9 Å². The summed E-state index contributed by atoms with van der Waals surface area (Å²) < 4.78 is 6.69. The van der Waals surface area contributed by atoms with E-state index in [-0.39, 0.29) is 5.60 Å². The van der Waals surface area contributed by atoms with Gasteiger partial charge in [0.1, 0.15) is 11.4 Å². The smallest absolute Gasteiger partial charge is 0.124 e. The number of para-hydroxylation sites is 1. The summed E-state index contributed by atoms with van der Waals surface area (Å²) in [5.74, 6) is 1.13. The van der Waals surface area contributed by atoms with Crippen molar-refractivity contribution >= 4 is 0 Å². The molecule has 0 amide bonds. The first-order chi connectivity index (χ1) is 11.2. The lowest BCUT2D eigenvalue weighted by Gasteiger charge is -2.46. The predicted octanol–water partition coefficient (Wildman–Crippen LogP) is 3.68. The van der Waals surface area contributed by atoms with Crippen LogP contribution in [0.15, 0.2) is 24.3 Å². The van der Waals surface area contributed by atoms with E-state index in [1.807, 2.05) is 0 Å². The molecular weight excluding hydrogens is 284 g/mol. The molecular formula is C20H30N2O. The van der Waals surface area contributed by atoms with Gasteiger partial charge in [0.05, 0.1) is 0 Å². The highest BCUT2D eigenvalue weighted by atomic mass is 16.5. The van der Waals surface area contributed by atoms with Crippen LogP contribution in [0.2, 0.25) is 0 Å². The van der Waals surface area contributed by atoms with Gasteiger partial charge in [-0.15, -0.1) is 0 Å². The fourth-order valence-electron chi connectivity index (χ4n) is 4.36. The molecule has 0 N–H and O–H groups in total. The van der Waals surface area contributed by atoms with E-state index in [0.717, 1.165) is 37.7 Å². The number of nitrogens with zero attached hydrogens (tertiary/aromatic N) is 2. The van der Waals surface area contributed by atoms with Gasteiger partial charge in [-0.1, -0.05) is 24.6 Å². The molecule has 1 spiro atoms. The highest BCUT2D eigenvalue weighted by Gasteiger charge is 2.43. The van der Waals surface area contributed by atoms with E-state index in [0.29, 0.717) is 6.04 Å². The normalized spacial score (nSPS) is 25.7. The van der Waals surface area contributed by atoms with Crippen LogP contribution in [0.3, 0.4) is 0 Å². The second-order valence-corrected chi connectivity index (χ2v) is 8.01. The van der Waals surface area contributed by atoms with Crippen LogP contribution >= 0.6 is 0 Å². The van der Waals surface area contributed by atoms with Gasteiger partial charge in [-0.25, -0.2) is 0 Å². The quantitative estimate of drug-likeness (QED) is 0.828. The number of rotatable bonds is 2. The van der Waals surface area contributed by atoms with Crippen LogP contribution in [0, 0.1) is 0 Å². The summed E-state index contributed by atoms with van der Waals surface area (Å²) in [5, 5.41) is 0. The monoisotopic (exact) mass is 314 g/mol. The Balaban J connectivity index is 1.59. The Morgan fingerprint density at radius 3 is 2.52 bits per heavy atom. The van der Waals surface area contributed by atoms with Crippen LogP contribution in [0.1, 0.15) is 51.5 Å². The summed E-state index contributed by atoms with van der Waals surface area (Å²) in [5.41, 5.74) is 1.40. The third kappa shape index (κ3) is 3.01. The van der Waals surface area contributed by atoms with Crippen LogP contribution in [-0.4, -0.2) is 47.1 Å². The van der Waals surface area contributed by atoms with Crippen LogP contribution < -0.4 is 4.74 Å². The molecule has 3 heteroatoms. The molecule has 0 radical (unpaired) electrons. The fraction of sp³-hybridized carbons (Fsp3) is 0.700. The molecule has 126 valence electrons. The van der Waals surface area contributed by atoms with Gasteiger partial charge in [-0.05, 0) is 32.8 Å². The van der Waals surface area contributed by atoms with Gasteiger partial charge in [0.25, 0.3) is 0 Å². The van der Waals surface area contributed by atoms with Crippen molar-refractivity contribution in [1.29, 1.82) is 0 Å². The Kier molecular flexibility index (Phi) is 4.10. The van der Waals surface area contributed by atoms with Crippen molar-refractivity contribution in [2.45, 2.75) is 70.2 Å². The topological polar surface area (TPSA) is 15.7 Å². The second kappa shape index (κ2) is 6.10. The second-order valence-electron chi connectivity index (χ2n) is 8.01. The highest BCUT2D eigenvalue weighted by molar-refractivity contribution is 5.35. The SMILES string of the molecule is CC(C)N1CCC2(CC1)CN(C1CCC1)Cc1ccccc1O2. The Morgan fingerprint density at radius 1 is 1.13 bits per heavy atom. The van der Waals surface area contributed by atoms with Crippen molar-refractivity contribution < 1.29 is 4.74 Å². The van der Waals surface area contributed by atoms with Gasteiger partial charge in [-0.2, -0.15) is 0 Å². The molecule has 1 aromatic rings. The molecule has 0 bridgehead atoms. The first kappa shape index (κ1) is 15.5. The summed E-state index contributed by atoms with van der Waals surface area (Å²) in [6.07, 6.45) is 6.45. The molecule has 23 heavy (non-hydrogen) atoms. The van der Waals surface area contributed by atoms with Gasteiger partial charge in [0.2, 0.25) is 0 Å². The van der Waals surface area contributed by atoms with E-state index >= 15 is 0 Å². The standard InChI is InChI=1S/C20H30N2O/c1-16(2)21-12-10-20(11-13-21)15-22(18-7-5-8-18)14-17-6-3-4-9-19(17)23-20/h3-4,6,9,16,18H,5,7-8,10-15H2,1-2H3. The third-order valence-electron chi connectivity index (χ3n) is 6.19. The maximum absolute atomic E-state index is 6.69. The molecule has 1 saturated carbocycles. The number of fused-ring (bicyclic) bond motifs is 1. The van der Waals surface area contributed by atoms with Gasteiger partial charge < -0.3 is 9.64 Å². The molecule has 3 aliphatic rings. The van der Waals surface area contributed by atoms with Crippen LogP contribution in [-0.2, 0) is 6.54 Å². The maximum Gasteiger partial charge on any atom is 0.124 e. The molecule has 0 aromatic heterocycles. The lowest BCUT2D eigenvalue weighted by Crippen LogP contribution is -2.56. The molecule has 0 atom stereocenters. The summed E-state index contributed by atoms with van der Waals surface area (Å²) in [6.45, 7) is 9.12. The summed E-state index contributed by atoms with van der Waals surface area (Å²) >= 11 is 0. The number of hydrogen-bond acceptors (Lipinski definition) is 3. The van der Waals surface area contributed by atoms with E-state index in [1.54, 1.807) is 0 Å². The van der Waals surface area contributed by atoms with E-state index in [2.05, 4.69) is 47.9 Å². The Morgan fingerprint density at radius 2 is 1.87 bits per heavy atom. The molecule has 3 nitrogen and oxygen atoms in total. The number of benzene rings is 1. The number of ether oxygens (including phenoxy) is 1. The van der Waals surface area contributed by atoms with Crippen molar-refractivity contribution in [3.63, 3.8) is 0 Å². The van der Waals surface area contributed by atoms with Gasteiger partial charge in [-0.3, -0.25) is 4.90 Å². The molecule has 1 aromatic carbocycles. The zero-order valence-electron chi connectivity index (χ0n) is 14.6. The van der Waals surface area contributed by atoms with Gasteiger partial charge in [0, 0.05) is 56.7 Å². The minimum atomic E-state index is 0.0214. The zero-order chi connectivity index (χ0) is 15.9. The molecule has 4 rings (SSSR count). The van der Waals surface area contributed by atoms with E-state index in [9.17, 15) is 0 Å². The van der Waals surface area contributed by atoms with Crippen LogP contribution in [0.5, 0.6) is 5.75 Å². The first-order valence-electron chi connectivity index (χ1n) is 9.40. The minimum absolute atomic E-state index is 0.0214. The largest absolute Gasteiger partial charge is 0.486 e. The number of hydrogen-bond donors (Lipinski definition) is 0. The fourth-order valence-corrected chi connectivity index (χ4v) is 4.36. The van der Waals surface area contributed by atoms with E-state index in [4.69, 9.17) is 4.74 Å². The number of piperidine rings is 1. The van der Waals surface area contributed by atoms with Gasteiger partial charge >= 0.3 is 0 Å². The summed E-state index contributed by atoms with van der Waals surface area (Å²) in [4.78, 5) is 5.32. The summed E-state index contributed by atoms with van der Waals surface area (Å²) in [6, 6.07) is 10.1. The molecule has 2 aliphatic heterocycles. The van der Waals surface area contributed by atoms with Crippen molar-refractivity contribution in [2.75, 3.05) is 19.6 Å². The molecule has 1 saturated heterocycles. The van der Waals surface area contributed by atoms with Crippen LogP contribution in [0.4, 0.5) is 0 Å². The third-order valence-corrected chi connectivity index (χ3v) is 6.19. The van der Waals surface area contributed by atoms with Crippen LogP contribution in [0.25, 0.3) is 0 Å². The first-order valence-corrected chi connectivity index (χ1v) is 9.40. The Labute approximate surface area is 140 Å². The summed E-state index contributed by atoms with van der Waals surface area (Å²) in [7, 11) is 0. The average Bonchev–Trinajstić information content (AvgIpc) is 2.62. The zero-order valence-corrected chi connectivity index (χ0v) is 14.6. The Hall–Kier alpha value is -1.06. The molecule has 2 fully saturated rings. The van der Waals surface area contributed by atoms with Crippen molar-refractivity contribution in [3.8, 4) is 5.75 Å². The molecule has 0 unspecified atom stereocenters. The number of likely N-dealkylation sites (tertiary alicyclic amines) is 1. The molecule has 1 aliphatic carbocycles. The maximum atomic E-state index is 6.69. The van der Waals surface area contributed by atoms with E-state index < -0.39 is 0 Å². The highest BCUT2D eigenvalue weighted by Crippen LogP contribution is 2.38. The van der Waals surface area contributed by atoms with Gasteiger partial charge in [0.15, 0.2) is 0 Å². The Bertz CT molecular complexity index is 544. The lowest BCUT2D eigenvalue weighted by molar-refractivity contribution is -0.0393. The molecule has 2 heterocycles. The van der Waals surface area contributed by atoms with Crippen molar-refractivity contribution in [2.24, 2.45) is 0 Å². The minimum Gasteiger partial charge on any atom is -0.486 e. The lowest BCUT2D eigenvalue weighted by atomic mass is 9.86. The predicted molar refractivity (Wildman–Crippen MR) is 93.8 cm³/mol.